The topological polar surface area (TPSA) is 33.1 Å². The summed E-state index contributed by atoms with van der Waals surface area (Å²) < 4.78 is 1.19. The second-order valence-electron chi connectivity index (χ2n) is 3.38. The van der Waals surface area contributed by atoms with Gasteiger partial charge in [-0.05, 0) is 31.0 Å². The molecule has 14 heavy (non-hydrogen) atoms. The number of hydrogen-bond acceptors (Lipinski definition) is 3. The smallest absolute Gasteiger partial charge is 0.0907 e. The minimum absolute atomic E-state index is 0.360. The summed E-state index contributed by atoms with van der Waals surface area (Å²) in [5.74, 6) is 0. The van der Waals surface area contributed by atoms with Gasteiger partial charge in [-0.3, -0.25) is 0 Å². The van der Waals surface area contributed by atoms with Gasteiger partial charge in [0.25, 0.3) is 0 Å². The standard InChI is InChI=1S/C11H13NOS/c1-3-10(13)8-4-5-11-9(6-8)12-7(2)14-11/h4-6,10,13H,3H2,1-2H3/t10-/m0/s1. The molecular weight excluding hydrogens is 194 g/mol. The number of aliphatic hydroxyl groups is 1. The summed E-state index contributed by atoms with van der Waals surface area (Å²) in [6, 6.07) is 6.00. The Morgan fingerprint density at radius 2 is 2.29 bits per heavy atom. The van der Waals surface area contributed by atoms with Crippen LogP contribution >= 0.6 is 11.3 Å². The molecule has 0 fully saturated rings. The third kappa shape index (κ3) is 1.65. The van der Waals surface area contributed by atoms with Crippen LogP contribution in [0, 0.1) is 6.92 Å². The maximum absolute atomic E-state index is 9.67. The van der Waals surface area contributed by atoms with E-state index in [4.69, 9.17) is 0 Å². The van der Waals surface area contributed by atoms with Crippen LogP contribution < -0.4 is 0 Å². The van der Waals surface area contributed by atoms with E-state index in [-0.39, 0.29) is 6.10 Å². The van der Waals surface area contributed by atoms with Crippen molar-refractivity contribution in [3.05, 3.63) is 28.8 Å². The molecule has 0 aliphatic carbocycles. The van der Waals surface area contributed by atoms with E-state index < -0.39 is 0 Å². The lowest BCUT2D eigenvalue weighted by molar-refractivity contribution is 0.174. The van der Waals surface area contributed by atoms with Crippen molar-refractivity contribution in [1.82, 2.24) is 4.98 Å². The van der Waals surface area contributed by atoms with Gasteiger partial charge in [0.15, 0.2) is 0 Å². The van der Waals surface area contributed by atoms with E-state index in [1.165, 1.54) is 4.70 Å². The van der Waals surface area contributed by atoms with Crippen LogP contribution in [0.15, 0.2) is 18.2 Å². The molecule has 3 heteroatoms. The van der Waals surface area contributed by atoms with E-state index in [1.807, 2.05) is 32.0 Å². The van der Waals surface area contributed by atoms with Gasteiger partial charge in [0.2, 0.25) is 0 Å². The molecule has 74 valence electrons. The Morgan fingerprint density at radius 3 is 3.00 bits per heavy atom. The Bertz CT molecular complexity index is 449. The summed E-state index contributed by atoms with van der Waals surface area (Å²) in [6.45, 7) is 3.97. The van der Waals surface area contributed by atoms with Crippen molar-refractivity contribution in [3.63, 3.8) is 0 Å². The molecule has 0 bridgehead atoms. The number of thiazole rings is 1. The maximum Gasteiger partial charge on any atom is 0.0907 e. The van der Waals surface area contributed by atoms with Crippen LogP contribution in [0.1, 0.15) is 30.0 Å². The van der Waals surface area contributed by atoms with Crippen molar-refractivity contribution >= 4 is 21.6 Å². The molecule has 0 unspecified atom stereocenters. The number of aromatic nitrogens is 1. The van der Waals surface area contributed by atoms with Gasteiger partial charge < -0.3 is 5.11 Å². The number of hydrogen-bond donors (Lipinski definition) is 1. The zero-order valence-corrected chi connectivity index (χ0v) is 9.14. The molecule has 0 radical (unpaired) electrons. The predicted molar refractivity (Wildman–Crippen MR) is 59.6 cm³/mol. The highest BCUT2D eigenvalue weighted by molar-refractivity contribution is 7.18. The van der Waals surface area contributed by atoms with E-state index in [9.17, 15) is 5.11 Å². The van der Waals surface area contributed by atoms with Crippen LogP contribution in [-0.4, -0.2) is 10.1 Å². The SMILES string of the molecule is CC[C@H](O)c1ccc2sc(C)nc2c1. The number of aryl methyl sites for hydroxylation is 1. The molecule has 0 aliphatic heterocycles. The molecule has 1 heterocycles. The average Bonchev–Trinajstić information content (AvgIpc) is 2.55. The summed E-state index contributed by atoms with van der Waals surface area (Å²) >= 11 is 1.69. The summed E-state index contributed by atoms with van der Waals surface area (Å²) in [7, 11) is 0. The molecule has 1 N–H and O–H groups in total. The Kier molecular flexibility index (Phi) is 2.52. The fourth-order valence-electron chi connectivity index (χ4n) is 1.50. The molecule has 1 aromatic carbocycles. The summed E-state index contributed by atoms with van der Waals surface area (Å²) in [5.41, 5.74) is 1.96. The van der Waals surface area contributed by atoms with Crippen LogP contribution in [0.25, 0.3) is 10.2 Å². The van der Waals surface area contributed by atoms with Crippen LogP contribution in [-0.2, 0) is 0 Å². The highest BCUT2D eigenvalue weighted by Crippen LogP contribution is 2.25. The summed E-state index contributed by atoms with van der Waals surface area (Å²) in [4.78, 5) is 4.40. The fourth-order valence-corrected chi connectivity index (χ4v) is 2.31. The fraction of sp³-hybridized carbons (Fsp3) is 0.364. The molecule has 0 spiro atoms. The lowest BCUT2D eigenvalue weighted by Gasteiger charge is -2.06. The number of rotatable bonds is 2. The van der Waals surface area contributed by atoms with E-state index >= 15 is 0 Å². The average molecular weight is 207 g/mol. The van der Waals surface area contributed by atoms with Crippen molar-refractivity contribution < 1.29 is 5.11 Å². The van der Waals surface area contributed by atoms with Crippen molar-refractivity contribution in [2.45, 2.75) is 26.4 Å². The van der Waals surface area contributed by atoms with E-state index in [0.29, 0.717) is 0 Å². The molecule has 2 nitrogen and oxygen atoms in total. The molecule has 2 aromatic rings. The largest absolute Gasteiger partial charge is 0.388 e. The highest BCUT2D eigenvalue weighted by atomic mass is 32.1. The number of nitrogens with zero attached hydrogens (tertiary/aromatic N) is 1. The Balaban J connectivity index is 2.50. The molecular formula is C11H13NOS. The molecule has 0 saturated heterocycles. The number of benzene rings is 1. The van der Waals surface area contributed by atoms with Gasteiger partial charge in [0.05, 0.1) is 21.3 Å². The van der Waals surface area contributed by atoms with Crippen LogP contribution in [0.5, 0.6) is 0 Å². The Hall–Kier alpha value is -0.930. The first kappa shape index (κ1) is 9.62. The Morgan fingerprint density at radius 1 is 1.50 bits per heavy atom. The minimum Gasteiger partial charge on any atom is -0.388 e. The van der Waals surface area contributed by atoms with Crippen molar-refractivity contribution in [2.75, 3.05) is 0 Å². The van der Waals surface area contributed by atoms with Crippen LogP contribution in [0.2, 0.25) is 0 Å². The highest BCUT2D eigenvalue weighted by Gasteiger charge is 2.07. The molecule has 2 rings (SSSR count). The van der Waals surface area contributed by atoms with Gasteiger partial charge in [-0.25, -0.2) is 4.98 Å². The third-order valence-corrected chi connectivity index (χ3v) is 3.24. The van der Waals surface area contributed by atoms with Gasteiger partial charge in [-0.2, -0.15) is 0 Å². The van der Waals surface area contributed by atoms with Crippen LogP contribution in [0.3, 0.4) is 0 Å². The van der Waals surface area contributed by atoms with Gasteiger partial charge in [0.1, 0.15) is 0 Å². The first-order chi connectivity index (χ1) is 6.70. The quantitative estimate of drug-likeness (QED) is 0.821. The lowest BCUT2D eigenvalue weighted by Crippen LogP contribution is -1.94. The minimum atomic E-state index is -0.360. The monoisotopic (exact) mass is 207 g/mol. The number of fused-ring (bicyclic) bond motifs is 1. The van der Waals surface area contributed by atoms with E-state index in [1.54, 1.807) is 11.3 Å². The molecule has 0 saturated carbocycles. The van der Waals surface area contributed by atoms with Crippen molar-refractivity contribution in [1.29, 1.82) is 0 Å². The first-order valence-corrected chi connectivity index (χ1v) is 5.57. The zero-order chi connectivity index (χ0) is 10.1. The van der Waals surface area contributed by atoms with Gasteiger partial charge in [0, 0.05) is 0 Å². The van der Waals surface area contributed by atoms with Gasteiger partial charge in [-0.1, -0.05) is 13.0 Å². The van der Waals surface area contributed by atoms with Crippen molar-refractivity contribution in [2.24, 2.45) is 0 Å². The van der Waals surface area contributed by atoms with Crippen molar-refractivity contribution in [3.8, 4) is 0 Å². The van der Waals surface area contributed by atoms with Gasteiger partial charge in [-0.15, -0.1) is 11.3 Å². The predicted octanol–water partition coefficient (Wildman–Crippen LogP) is 3.05. The second kappa shape index (κ2) is 3.67. The molecule has 1 aromatic heterocycles. The first-order valence-electron chi connectivity index (χ1n) is 4.76. The summed E-state index contributed by atoms with van der Waals surface area (Å²) in [6.07, 6.45) is 0.385. The molecule has 1 atom stereocenters. The third-order valence-electron chi connectivity index (χ3n) is 2.29. The van der Waals surface area contributed by atoms with E-state index in [0.717, 1.165) is 22.5 Å². The molecule has 0 amide bonds. The molecule has 0 aliphatic rings. The number of aliphatic hydroxyl groups excluding tert-OH is 1. The van der Waals surface area contributed by atoms with Gasteiger partial charge >= 0.3 is 0 Å². The lowest BCUT2D eigenvalue weighted by atomic mass is 10.1. The zero-order valence-electron chi connectivity index (χ0n) is 8.32. The second-order valence-corrected chi connectivity index (χ2v) is 4.62. The van der Waals surface area contributed by atoms with Crippen LogP contribution in [0.4, 0.5) is 0 Å². The maximum atomic E-state index is 9.67. The van der Waals surface area contributed by atoms with E-state index in [2.05, 4.69) is 4.98 Å². The summed E-state index contributed by atoms with van der Waals surface area (Å²) in [5, 5.41) is 10.7. The normalized spacial score (nSPS) is 13.4. The Labute approximate surface area is 87.2 Å².